The van der Waals surface area contributed by atoms with Crippen molar-refractivity contribution in [1.82, 2.24) is 10.2 Å². The predicted molar refractivity (Wildman–Crippen MR) is 83.7 cm³/mol. The van der Waals surface area contributed by atoms with Gasteiger partial charge in [0.05, 0.1) is 10.0 Å². The van der Waals surface area contributed by atoms with Crippen LogP contribution in [-0.2, 0) is 0 Å². The summed E-state index contributed by atoms with van der Waals surface area (Å²) in [6.45, 7) is 4.65. The van der Waals surface area contributed by atoms with Gasteiger partial charge in [-0.25, -0.2) is 0 Å². The molecule has 0 bridgehead atoms. The van der Waals surface area contributed by atoms with E-state index >= 15 is 0 Å². The zero-order valence-electron chi connectivity index (χ0n) is 11.7. The topological polar surface area (TPSA) is 32.3 Å². The number of benzene rings is 1. The van der Waals surface area contributed by atoms with E-state index in [1.807, 2.05) is 4.90 Å². The van der Waals surface area contributed by atoms with Gasteiger partial charge in [0.1, 0.15) is 0 Å². The molecular weight excluding hydrogens is 295 g/mol. The molecule has 1 atom stereocenters. The van der Waals surface area contributed by atoms with Gasteiger partial charge in [-0.1, -0.05) is 30.1 Å². The number of hydrogen-bond acceptors (Lipinski definition) is 2. The van der Waals surface area contributed by atoms with Crippen molar-refractivity contribution in [2.45, 2.75) is 32.2 Å². The number of hydrogen-bond donors (Lipinski definition) is 1. The Balaban J connectivity index is 2.10. The third-order valence-corrected chi connectivity index (χ3v) is 4.29. The molecule has 1 unspecified atom stereocenters. The highest BCUT2D eigenvalue weighted by atomic mass is 35.5. The summed E-state index contributed by atoms with van der Waals surface area (Å²) in [6, 6.07) is 5.47. The van der Waals surface area contributed by atoms with Crippen LogP contribution in [-0.4, -0.2) is 36.5 Å². The molecule has 1 aliphatic heterocycles. The van der Waals surface area contributed by atoms with Crippen LogP contribution in [0.1, 0.15) is 36.5 Å². The molecule has 20 heavy (non-hydrogen) atoms. The Labute approximate surface area is 130 Å². The van der Waals surface area contributed by atoms with Crippen LogP contribution in [0.2, 0.25) is 10.0 Å². The average Bonchev–Trinajstić information content (AvgIpc) is 2.93. The smallest absolute Gasteiger partial charge is 0.253 e. The standard InChI is InChI=1S/C15H20Cl2N2O/c1-2-8-19(10-12-4-3-7-18-12)15(20)11-5-6-13(16)14(17)9-11/h5-6,9,12,18H,2-4,7-8,10H2,1H3. The third kappa shape index (κ3) is 3.87. The highest BCUT2D eigenvalue weighted by molar-refractivity contribution is 6.42. The molecule has 0 saturated carbocycles. The van der Waals surface area contributed by atoms with Crippen molar-refractivity contribution in [1.29, 1.82) is 0 Å². The minimum absolute atomic E-state index is 0.0270. The van der Waals surface area contributed by atoms with Gasteiger partial charge in [-0.05, 0) is 44.0 Å². The summed E-state index contributed by atoms with van der Waals surface area (Å²) >= 11 is 11.9. The van der Waals surface area contributed by atoms with Crippen LogP contribution in [0.15, 0.2) is 18.2 Å². The summed E-state index contributed by atoms with van der Waals surface area (Å²) in [5, 5.41) is 4.33. The molecule has 0 aliphatic carbocycles. The molecule has 3 nitrogen and oxygen atoms in total. The van der Waals surface area contributed by atoms with Crippen molar-refractivity contribution in [2.24, 2.45) is 0 Å². The lowest BCUT2D eigenvalue weighted by molar-refractivity contribution is 0.0742. The van der Waals surface area contributed by atoms with Crippen LogP contribution in [0.5, 0.6) is 0 Å². The first-order chi connectivity index (χ1) is 9.61. The second-order valence-electron chi connectivity index (χ2n) is 5.17. The minimum Gasteiger partial charge on any atom is -0.337 e. The Morgan fingerprint density at radius 1 is 1.40 bits per heavy atom. The van der Waals surface area contributed by atoms with E-state index in [0.717, 1.165) is 32.5 Å². The zero-order chi connectivity index (χ0) is 14.5. The second-order valence-corrected chi connectivity index (χ2v) is 5.99. The molecule has 5 heteroatoms. The quantitative estimate of drug-likeness (QED) is 0.900. The van der Waals surface area contributed by atoms with E-state index in [9.17, 15) is 4.79 Å². The Morgan fingerprint density at radius 3 is 2.80 bits per heavy atom. The number of halogens is 2. The minimum atomic E-state index is 0.0270. The molecule has 110 valence electrons. The van der Waals surface area contributed by atoms with Gasteiger partial charge in [-0.3, -0.25) is 4.79 Å². The average molecular weight is 315 g/mol. The molecule has 1 N–H and O–H groups in total. The van der Waals surface area contributed by atoms with Crippen molar-refractivity contribution in [3.8, 4) is 0 Å². The van der Waals surface area contributed by atoms with Gasteiger partial charge in [-0.2, -0.15) is 0 Å². The summed E-state index contributed by atoms with van der Waals surface area (Å²) in [6.07, 6.45) is 3.26. The Hall–Kier alpha value is -0.770. The fourth-order valence-corrected chi connectivity index (χ4v) is 2.83. The van der Waals surface area contributed by atoms with E-state index in [2.05, 4.69) is 12.2 Å². The number of rotatable bonds is 5. The van der Waals surface area contributed by atoms with E-state index in [1.54, 1.807) is 18.2 Å². The van der Waals surface area contributed by atoms with Crippen LogP contribution in [0, 0.1) is 0 Å². The van der Waals surface area contributed by atoms with Gasteiger partial charge in [0.15, 0.2) is 0 Å². The zero-order valence-corrected chi connectivity index (χ0v) is 13.2. The van der Waals surface area contributed by atoms with Gasteiger partial charge < -0.3 is 10.2 Å². The number of nitrogens with one attached hydrogen (secondary N) is 1. The predicted octanol–water partition coefficient (Wildman–Crippen LogP) is 3.60. The Bertz CT molecular complexity index is 473. The summed E-state index contributed by atoms with van der Waals surface area (Å²) in [5.74, 6) is 0.0270. The molecule has 1 saturated heterocycles. The first kappa shape index (κ1) is 15.6. The summed E-state index contributed by atoms with van der Waals surface area (Å²) in [5.41, 5.74) is 0.603. The van der Waals surface area contributed by atoms with E-state index in [1.165, 1.54) is 6.42 Å². The van der Waals surface area contributed by atoms with Crippen molar-refractivity contribution in [3.05, 3.63) is 33.8 Å². The third-order valence-electron chi connectivity index (χ3n) is 3.55. The molecule has 0 aromatic heterocycles. The van der Waals surface area contributed by atoms with Crippen LogP contribution in [0.25, 0.3) is 0 Å². The Morgan fingerprint density at radius 2 is 2.20 bits per heavy atom. The molecule has 1 fully saturated rings. The van der Waals surface area contributed by atoms with E-state index in [4.69, 9.17) is 23.2 Å². The summed E-state index contributed by atoms with van der Waals surface area (Å²) in [4.78, 5) is 14.5. The van der Waals surface area contributed by atoms with Crippen molar-refractivity contribution < 1.29 is 4.79 Å². The SMILES string of the molecule is CCCN(CC1CCCN1)C(=O)c1ccc(Cl)c(Cl)c1. The van der Waals surface area contributed by atoms with Gasteiger partial charge >= 0.3 is 0 Å². The number of carbonyl (C=O) groups is 1. The van der Waals surface area contributed by atoms with Crippen molar-refractivity contribution >= 4 is 29.1 Å². The second kappa shape index (κ2) is 7.30. The van der Waals surface area contributed by atoms with E-state index in [-0.39, 0.29) is 5.91 Å². The highest BCUT2D eigenvalue weighted by Gasteiger charge is 2.22. The summed E-state index contributed by atoms with van der Waals surface area (Å²) in [7, 11) is 0. The molecular formula is C15H20Cl2N2O. The molecule has 0 radical (unpaired) electrons. The lowest BCUT2D eigenvalue weighted by atomic mass is 10.1. The fourth-order valence-electron chi connectivity index (χ4n) is 2.54. The van der Waals surface area contributed by atoms with Crippen molar-refractivity contribution in [2.75, 3.05) is 19.6 Å². The van der Waals surface area contributed by atoms with Gasteiger partial charge in [-0.15, -0.1) is 0 Å². The molecule has 1 heterocycles. The van der Waals surface area contributed by atoms with Crippen LogP contribution >= 0.6 is 23.2 Å². The van der Waals surface area contributed by atoms with Crippen molar-refractivity contribution in [3.63, 3.8) is 0 Å². The lowest BCUT2D eigenvalue weighted by Gasteiger charge is -2.25. The molecule has 0 spiro atoms. The van der Waals surface area contributed by atoms with Crippen LogP contribution in [0.4, 0.5) is 0 Å². The monoisotopic (exact) mass is 314 g/mol. The number of carbonyl (C=O) groups excluding carboxylic acids is 1. The molecule has 1 aromatic carbocycles. The Kier molecular flexibility index (Phi) is 5.70. The molecule has 2 rings (SSSR count). The molecule has 1 aliphatic rings. The van der Waals surface area contributed by atoms with Gasteiger partial charge in [0, 0.05) is 24.7 Å². The van der Waals surface area contributed by atoms with Crippen LogP contribution < -0.4 is 5.32 Å². The maximum absolute atomic E-state index is 12.6. The van der Waals surface area contributed by atoms with E-state index < -0.39 is 0 Å². The fraction of sp³-hybridized carbons (Fsp3) is 0.533. The summed E-state index contributed by atoms with van der Waals surface area (Å²) < 4.78 is 0. The first-order valence-electron chi connectivity index (χ1n) is 7.09. The largest absolute Gasteiger partial charge is 0.337 e. The van der Waals surface area contributed by atoms with Gasteiger partial charge in [0.25, 0.3) is 5.91 Å². The maximum Gasteiger partial charge on any atom is 0.253 e. The normalized spacial score (nSPS) is 18.2. The van der Waals surface area contributed by atoms with Gasteiger partial charge in [0.2, 0.25) is 0 Å². The first-order valence-corrected chi connectivity index (χ1v) is 7.85. The van der Waals surface area contributed by atoms with E-state index in [0.29, 0.717) is 21.7 Å². The lowest BCUT2D eigenvalue weighted by Crippen LogP contribution is -2.41. The molecule has 1 aromatic rings. The number of nitrogens with zero attached hydrogens (tertiary/aromatic N) is 1. The number of amides is 1. The maximum atomic E-state index is 12.6. The van der Waals surface area contributed by atoms with Crippen LogP contribution in [0.3, 0.4) is 0 Å². The molecule has 1 amide bonds. The highest BCUT2D eigenvalue weighted by Crippen LogP contribution is 2.23.